The molecule has 2 N–H and O–H groups in total. The number of carbonyl (C=O) groups excluding carboxylic acids is 2. The summed E-state index contributed by atoms with van der Waals surface area (Å²) in [5.74, 6) is 8.34. The Balaban J connectivity index is 1.03. The lowest BCUT2D eigenvalue weighted by Crippen LogP contribution is -2.14. The number of ether oxygens (including phenoxy) is 2. The lowest BCUT2D eigenvalue weighted by molar-refractivity contribution is 0.101. The summed E-state index contributed by atoms with van der Waals surface area (Å²) in [6.45, 7) is 2.00. The van der Waals surface area contributed by atoms with Crippen LogP contribution in [0.25, 0.3) is 0 Å². The number of anilines is 2. The molecule has 228 valence electrons. The Hall–Kier alpha value is -6.58. The van der Waals surface area contributed by atoms with Crippen LogP contribution in [0.1, 0.15) is 37.4 Å². The van der Waals surface area contributed by atoms with E-state index in [4.69, 9.17) is 9.47 Å². The summed E-state index contributed by atoms with van der Waals surface area (Å²) in [6.07, 6.45) is 0. The van der Waals surface area contributed by atoms with E-state index in [-0.39, 0.29) is 11.8 Å². The van der Waals surface area contributed by atoms with Crippen LogP contribution in [0.3, 0.4) is 0 Å². The summed E-state index contributed by atoms with van der Waals surface area (Å²) in [7, 11) is 0. The number of aryl methyl sites for hydroxylation is 1. The number of benzene rings is 6. The van der Waals surface area contributed by atoms with Crippen LogP contribution in [0.15, 0.2) is 152 Å². The second-order valence-electron chi connectivity index (χ2n) is 10.7. The number of nitrogens with one attached hydrogen (secondary N) is 2. The van der Waals surface area contributed by atoms with E-state index in [1.165, 1.54) is 0 Å². The molecular weight excluding hydrogens is 584 g/mol. The molecule has 6 rings (SSSR count). The van der Waals surface area contributed by atoms with Crippen molar-refractivity contribution in [2.24, 2.45) is 0 Å². The largest absolute Gasteiger partial charge is 0.457 e. The summed E-state index contributed by atoms with van der Waals surface area (Å²) in [6, 6.07) is 45.9. The van der Waals surface area contributed by atoms with Gasteiger partial charge in [0.25, 0.3) is 11.8 Å². The van der Waals surface area contributed by atoms with Gasteiger partial charge in [0.05, 0.1) is 0 Å². The number of hydrogen-bond donors (Lipinski definition) is 2. The molecule has 6 aromatic rings. The van der Waals surface area contributed by atoms with Crippen molar-refractivity contribution in [3.8, 4) is 34.8 Å². The molecule has 0 radical (unpaired) electrons. The molecule has 6 aromatic carbocycles. The molecule has 0 aliphatic carbocycles. The second-order valence-corrected chi connectivity index (χ2v) is 10.7. The molecule has 0 fully saturated rings. The first-order valence-corrected chi connectivity index (χ1v) is 15.0. The van der Waals surface area contributed by atoms with Gasteiger partial charge in [0.15, 0.2) is 0 Å². The number of rotatable bonds is 8. The summed E-state index contributed by atoms with van der Waals surface area (Å²) < 4.78 is 11.9. The van der Waals surface area contributed by atoms with Crippen molar-refractivity contribution in [3.05, 3.63) is 179 Å². The van der Waals surface area contributed by atoms with Gasteiger partial charge in [0.2, 0.25) is 0 Å². The van der Waals surface area contributed by atoms with Crippen molar-refractivity contribution < 1.29 is 19.1 Å². The summed E-state index contributed by atoms with van der Waals surface area (Å²) in [4.78, 5) is 25.9. The van der Waals surface area contributed by atoms with E-state index in [0.717, 1.165) is 22.4 Å². The lowest BCUT2D eigenvalue weighted by atomic mass is 10.1. The third-order valence-corrected chi connectivity index (χ3v) is 7.03. The minimum Gasteiger partial charge on any atom is -0.457 e. The first-order valence-electron chi connectivity index (χ1n) is 15.0. The zero-order valence-corrected chi connectivity index (χ0v) is 25.6. The minimum absolute atomic E-state index is 0.278. The third-order valence-electron chi connectivity index (χ3n) is 7.03. The number of carbonyl (C=O) groups is 2. The summed E-state index contributed by atoms with van der Waals surface area (Å²) >= 11 is 0. The van der Waals surface area contributed by atoms with Gasteiger partial charge in [-0.2, -0.15) is 0 Å². The van der Waals surface area contributed by atoms with Crippen molar-refractivity contribution in [1.29, 1.82) is 0 Å². The van der Waals surface area contributed by atoms with Gasteiger partial charge in [-0.3, -0.25) is 9.59 Å². The van der Waals surface area contributed by atoms with Crippen LogP contribution in [0.2, 0.25) is 0 Å². The predicted molar refractivity (Wildman–Crippen MR) is 185 cm³/mol. The highest BCUT2D eigenvalue weighted by Crippen LogP contribution is 2.25. The second kappa shape index (κ2) is 14.5. The van der Waals surface area contributed by atoms with Gasteiger partial charge >= 0.3 is 0 Å². The highest BCUT2D eigenvalue weighted by atomic mass is 16.5. The van der Waals surface area contributed by atoms with Crippen molar-refractivity contribution in [3.63, 3.8) is 0 Å². The average molecular weight is 615 g/mol. The summed E-state index contributed by atoms with van der Waals surface area (Å²) in [5.41, 5.74) is 4.91. The Morgan fingerprint density at radius 2 is 0.957 bits per heavy atom. The third kappa shape index (κ3) is 8.53. The van der Waals surface area contributed by atoms with Crippen molar-refractivity contribution in [2.75, 3.05) is 10.6 Å². The van der Waals surface area contributed by atoms with E-state index in [2.05, 4.69) is 22.5 Å². The van der Waals surface area contributed by atoms with Crippen LogP contribution < -0.4 is 20.1 Å². The topological polar surface area (TPSA) is 76.7 Å². The Labute approximate surface area is 273 Å². The fourth-order valence-corrected chi connectivity index (χ4v) is 4.68. The first-order chi connectivity index (χ1) is 23.0. The molecule has 0 unspecified atom stereocenters. The molecule has 0 aliphatic rings. The zero-order chi connectivity index (χ0) is 32.4. The van der Waals surface area contributed by atoms with Gasteiger partial charge in [0, 0.05) is 33.6 Å². The Bertz CT molecular complexity index is 2080. The molecular formula is C41H30N2O4. The van der Waals surface area contributed by atoms with Crippen LogP contribution in [-0.2, 0) is 0 Å². The Morgan fingerprint density at radius 3 is 1.53 bits per heavy atom. The van der Waals surface area contributed by atoms with E-state index in [1.54, 1.807) is 72.8 Å². The van der Waals surface area contributed by atoms with E-state index >= 15 is 0 Å². The van der Waals surface area contributed by atoms with Crippen LogP contribution in [0, 0.1) is 18.8 Å². The standard InChI is InChI=1S/C41H30N2O4/c1-29-8-5-14-38(26-29)46-36-22-18-32(19-23-36)40(44)42-34-12-7-13-35(28-34)43-41(45)33-20-24-37(25-21-33)47-39-15-6-11-31(27-39)17-16-30-9-3-2-4-10-30/h2-15,18-28H,1H3,(H,42,44)(H,43,45). The highest BCUT2D eigenvalue weighted by Gasteiger charge is 2.10. The maximum Gasteiger partial charge on any atom is 0.255 e. The van der Waals surface area contributed by atoms with Gasteiger partial charge in [-0.15, -0.1) is 0 Å². The smallest absolute Gasteiger partial charge is 0.255 e. The average Bonchev–Trinajstić information content (AvgIpc) is 3.09. The molecule has 0 aliphatic heterocycles. The quantitative estimate of drug-likeness (QED) is 0.168. The molecule has 0 saturated carbocycles. The molecule has 0 heterocycles. The van der Waals surface area contributed by atoms with Crippen LogP contribution >= 0.6 is 0 Å². The normalized spacial score (nSPS) is 10.2. The zero-order valence-electron chi connectivity index (χ0n) is 25.6. The monoisotopic (exact) mass is 614 g/mol. The van der Waals surface area contributed by atoms with Gasteiger partial charge < -0.3 is 20.1 Å². The first kappa shape index (κ1) is 30.4. The SMILES string of the molecule is Cc1cccc(Oc2ccc(C(=O)Nc3cccc(NC(=O)c4ccc(Oc5cccc(C#Cc6ccccc6)c5)cc4)c3)cc2)c1. The molecule has 47 heavy (non-hydrogen) atoms. The summed E-state index contributed by atoms with van der Waals surface area (Å²) in [5, 5.41) is 5.77. The van der Waals surface area contributed by atoms with Crippen LogP contribution in [-0.4, -0.2) is 11.8 Å². The van der Waals surface area contributed by atoms with Crippen molar-refractivity contribution >= 4 is 23.2 Å². The molecule has 0 bridgehead atoms. The lowest BCUT2D eigenvalue weighted by Gasteiger charge is -2.10. The van der Waals surface area contributed by atoms with Gasteiger partial charge in [-0.05, 0) is 122 Å². The van der Waals surface area contributed by atoms with Gasteiger partial charge in [-0.1, -0.05) is 54.3 Å². The predicted octanol–water partition coefficient (Wildman–Crippen LogP) is 9.48. The molecule has 0 aromatic heterocycles. The van der Waals surface area contributed by atoms with E-state index in [0.29, 0.717) is 39.8 Å². The molecule has 0 spiro atoms. The maximum atomic E-state index is 13.0. The fraction of sp³-hybridized carbons (Fsp3) is 0.0244. The maximum absolute atomic E-state index is 13.0. The molecule has 0 atom stereocenters. The Morgan fingerprint density at radius 1 is 0.468 bits per heavy atom. The van der Waals surface area contributed by atoms with E-state index in [1.807, 2.05) is 85.8 Å². The van der Waals surface area contributed by atoms with Crippen molar-refractivity contribution in [2.45, 2.75) is 6.92 Å². The van der Waals surface area contributed by atoms with Gasteiger partial charge in [0.1, 0.15) is 23.0 Å². The molecule has 2 amide bonds. The van der Waals surface area contributed by atoms with E-state index in [9.17, 15) is 9.59 Å². The van der Waals surface area contributed by atoms with Crippen LogP contribution in [0.4, 0.5) is 11.4 Å². The Kier molecular flexibility index (Phi) is 9.37. The molecule has 6 nitrogen and oxygen atoms in total. The highest BCUT2D eigenvalue weighted by molar-refractivity contribution is 6.06. The van der Waals surface area contributed by atoms with E-state index < -0.39 is 0 Å². The number of hydrogen-bond acceptors (Lipinski definition) is 4. The van der Waals surface area contributed by atoms with Crippen molar-refractivity contribution in [1.82, 2.24) is 0 Å². The minimum atomic E-state index is -0.289. The molecule has 6 heteroatoms. The van der Waals surface area contributed by atoms with Crippen LogP contribution in [0.5, 0.6) is 23.0 Å². The van der Waals surface area contributed by atoms with Gasteiger partial charge in [-0.25, -0.2) is 0 Å². The fourth-order valence-electron chi connectivity index (χ4n) is 4.68. The molecule has 0 saturated heterocycles. The number of amides is 2.